The van der Waals surface area contributed by atoms with Gasteiger partial charge < -0.3 is 23.4 Å². The molecule has 0 N–H and O–H groups in total. The zero-order chi connectivity index (χ0) is 24.6. The number of rotatable bonds is 6. The minimum Gasteiger partial charge on any atom is -0.496 e. The molecule has 0 spiro atoms. The summed E-state index contributed by atoms with van der Waals surface area (Å²) in [5.74, 6) is -0.496. The van der Waals surface area contributed by atoms with E-state index in [1.165, 1.54) is 27.0 Å². The average Bonchev–Trinajstić information content (AvgIpc) is 3.20. The Balaban J connectivity index is 1.97. The first-order chi connectivity index (χ1) is 16.1. The van der Waals surface area contributed by atoms with Crippen LogP contribution >= 0.6 is 0 Å². The highest BCUT2D eigenvalue weighted by atomic mass is 16.6. The molecule has 2 heterocycles. The zero-order valence-electron chi connectivity index (χ0n) is 19.7. The Bertz CT molecular complexity index is 1310. The highest BCUT2D eigenvalue weighted by molar-refractivity contribution is 5.90. The molecule has 178 valence electrons. The SMILES string of the molecule is COc1cc2c(c3oc(-c4ccccc4)cc(=O)c13)[C@H]([C@H](OC(C)=O)C(C)(C)OC(C)=O)CO2. The van der Waals surface area contributed by atoms with E-state index >= 15 is 0 Å². The van der Waals surface area contributed by atoms with Crippen LogP contribution in [0.25, 0.3) is 22.3 Å². The molecular formula is C26H26O8. The van der Waals surface area contributed by atoms with Crippen LogP contribution in [0.2, 0.25) is 0 Å². The van der Waals surface area contributed by atoms with Gasteiger partial charge in [-0.05, 0) is 13.8 Å². The van der Waals surface area contributed by atoms with Crippen molar-refractivity contribution in [1.29, 1.82) is 0 Å². The van der Waals surface area contributed by atoms with Crippen LogP contribution in [0.15, 0.2) is 51.7 Å². The second-order valence-electron chi connectivity index (χ2n) is 8.68. The van der Waals surface area contributed by atoms with E-state index in [-0.39, 0.29) is 23.0 Å². The summed E-state index contributed by atoms with van der Waals surface area (Å²) in [4.78, 5) is 37.0. The number of hydrogen-bond acceptors (Lipinski definition) is 8. The van der Waals surface area contributed by atoms with Gasteiger partial charge in [0, 0.05) is 37.1 Å². The Morgan fingerprint density at radius 1 is 1.09 bits per heavy atom. The summed E-state index contributed by atoms with van der Waals surface area (Å²) in [6.07, 6.45) is -0.905. The van der Waals surface area contributed by atoms with Crippen molar-refractivity contribution < 1.29 is 33.0 Å². The smallest absolute Gasteiger partial charge is 0.303 e. The van der Waals surface area contributed by atoms with Crippen LogP contribution in [0, 0.1) is 0 Å². The van der Waals surface area contributed by atoms with Crippen LogP contribution in [-0.4, -0.2) is 37.4 Å². The van der Waals surface area contributed by atoms with Crippen LogP contribution in [0.1, 0.15) is 39.2 Å². The molecule has 8 heteroatoms. The zero-order valence-corrected chi connectivity index (χ0v) is 19.7. The third-order valence-electron chi connectivity index (χ3n) is 5.78. The molecule has 1 aromatic heterocycles. The van der Waals surface area contributed by atoms with Crippen LogP contribution < -0.4 is 14.9 Å². The summed E-state index contributed by atoms with van der Waals surface area (Å²) in [7, 11) is 1.46. The molecule has 0 radical (unpaired) electrons. The van der Waals surface area contributed by atoms with Crippen molar-refractivity contribution in [2.75, 3.05) is 13.7 Å². The summed E-state index contributed by atoms with van der Waals surface area (Å²) in [6.45, 7) is 6.03. The van der Waals surface area contributed by atoms with Gasteiger partial charge in [0.05, 0.1) is 19.6 Å². The second kappa shape index (κ2) is 8.85. The molecule has 0 amide bonds. The first-order valence-corrected chi connectivity index (χ1v) is 10.9. The van der Waals surface area contributed by atoms with Crippen molar-refractivity contribution in [3.8, 4) is 22.8 Å². The molecule has 34 heavy (non-hydrogen) atoms. The fraction of sp³-hybridized carbons (Fsp3) is 0.346. The van der Waals surface area contributed by atoms with E-state index in [1.54, 1.807) is 19.9 Å². The van der Waals surface area contributed by atoms with Gasteiger partial charge in [-0.15, -0.1) is 0 Å². The Morgan fingerprint density at radius 3 is 2.41 bits per heavy atom. The summed E-state index contributed by atoms with van der Waals surface area (Å²) >= 11 is 0. The lowest BCUT2D eigenvalue weighted by Crippen LogP contribution is -2.47. The fourth-order valence-corrected chi connectivity index (χ4v) is 4.49. The number of ether oxygens (including phenoxy) is 4. The lowest BCUT2D eigenvalue weighted by molar-refractivity contribution is -0.181. The molecule has 1 aliphatic rings. The maximum Gasteiger partial charge on any atom is 0.303 e. The maximum absolute atomic E-state index is 13.2. The predicted molar refractivity (Wildman–Crippen MR) is 124 cm³/mol. The number of fused-ring (bicyclic) bond motifs is 3. The minimum atomic E-state index is -1.18. The van der Waals surface area contributed by atoms with Crippen molar-refractivity contribution in [2.24, 2.45) is 0 Å². The van der Waals surface area contributed by atoms with E-state index in [0.717, 1.165) is 5.56 Å². The van der Waals surface area contributed by atoms with E-state index < -0.39 is 29.6 Å². The van der Waals surface area contributed by atoms with E-state index in [2.05, 4.69) is 0 Å². The van der Waals surface area contributed by atoms with Gasteiger partial charge in [0.1, 0.15) is 33.8 Å². The van der Waals surface area contributed by atoms with E-state index in [0.29, 0.717) is 22.8 Å². The standard InChI is InChI=1S/C26H26O8/c1-14(27)32-25(26(3,4)34-15(2)28)17-13-31-21-12-20(30-5)23-18(29)11-19(33-24(23)22(17)21)16-9-7-6-8-10-16/h6-12,17,25H,13H2,1-5H3/t17-,25+/m1/s1. The quantitative estimate of drug-likeness (QED) is 0.498. The fourth-order valence-electron chi connectivity index (χ4n) is 4.49. The molecule has 0 bridgehead atoms. The van der Waals surface area contributed by atoms with Crippen molar-refractivity contribution in [1.82, 2.24) is 0 Å². The molecule has 3 aromatic rings. The van der Waals surface area contributed by atoms with Gasteiger partial charge in [-0.1, -0.05) is 30.3 Å². The summed E-state index contributed by atoms with van der Waals surface area (Å²) in [5, 5.41) is 0.253. The lowest BCUT2D eigenvalue weighted by atomic mass is 9.84. The third-order valence-corrected chi connectivity index (χ3v) is 5.78. The number of carbonyl (C=O) groups excluding carboxylic acids is 2. The molecule has 0 unspecified atom stereocenters. The Hall–Kier alpha value is -3.81. The van der Waals surface area contributed by atoms with Crippen LogP contribution in [0.5, 0.6) is 11.5 Å². The van der Waals surface area contributed by atoms with E-state index in [9.17, 15) is 14.4 Å². The number of methoxy groups -OCH3 is 1. The van der Waals surface area contributed by atoms with Crippen molar-refractivity contribution >= 4 is 22.9 Å². The first-order valence-electron chi connectivity index (χ1n) is 10.9. The molecule has 0 saturated heterocycles. The normalized spacial score (nSPS) is 15.9. The van der Waals surface area contributed by atoms with E-state index in [4.69, 9.17) is 23.4 Å². The van der Waals surface area contributed by atoms with Gasteiger partial charge in [0.15, 0.2) is 11.5 Å². The number of benzene rings is 2. The highest BCUT2D eigenvalue weighted by Crippen LogP contribution is 2.47. The number of esters is 2. The summed E-state index contributed by atoms with van der Waals surface area (Å²) in [6, 6.07) is 12.3. The monoisotopic (exact) mass is 466 g/mol. The predicted octanol–water partition coefficient (Wildman–Crippen LogP) is 4.22. The van der Waals surface area contributed by atoms with Gasteiger partial charge in [-0.3, -0.25) is 14.4 Å². The third kappa shape index (κ3) is 4.23. The van der Waals surface area contributed by atoms with Gasteiger partial charge in [0.2, 0.25) is 0 Å². The molecule has 1 aliphatic heterocycles. The number of hydrogen-bond donors (Lipinski definition) is 0. The van der Waals surface area contributed by atoms with Gasteiger partial charge in [0.25, 0.3) is 0 Å². The molecule has 4 rings (SSSR count). The largest absolute Gasteiger partial charge is 0.496 e. The average molecular weight is 466 g/mol. The maximum atomic E-state index is 13.2. The van der Waals surface area contributed by atoms with Gasteiger partial charge >= 0.3 is 11.9 Å². The van der Waals surface area contributed by atoms with Crippen LogP contribution in [0.3, 0.4) is 0 Å². The first kappa shape index (κ1) is 23.4. The van der Waals surface area contributed by atoms with E-state index in [1.807, 2.05) is 30.3 Å². The molecule has 8 nitrogen and oxygen atoms in total. The molecule has 2 atom stereocenters. The Kier molecular flexibility index (Phi) is 6.08. The Labute approximate surface area is 196 Å². The Morgan fingerprint density at radius 2 is 1.79 bits per heavy atom. The van der Waals surface area contributed by atoms with Crippen LogP contribution in [0.4, 0.5) is 0 Å². The topological polar surface area (TPSA) is 101 Å². The summed E-state index contributed by atoms with van der Waals surface area (Å²) < 4.78 is 28.9. The molecule has 2 aromatic carbocycles. The van der Waals surface area contributed by atoms with Crippen molar-refractivity contribution in [2.45, 2.75) is 45.3 Å². The molecule has 0 fully saturated rings. The summed E-state index contributed by atoms with van der Waals surface area (Å²) in [5.41, 5.74) is 0.0895. The number of carbonyl (C=O) groups is 2. The molecule has 0 aliphatic carbocycles. The molecular weight excluding hydrogens is 440 g/mol. The minimum absolute atomic E-state index is 0.125. The van der Waals surface area contributed by atoms with Crippen molar-refractivity contribution in [3.05, 3.63) is 58.3 Å². The van der Waals surface area contributed by atoms with Crippen LogP contribution in [-0.2, 0) is 19.1 Å². The highest BCUT2D eigenvalue weighted by Gasteiger charge is 2.47. The van der Waals surface area contributed by atoms with Gasteiger partial charge in [-0.25, -0.2) is 0 Å². The van der Waals surface area contributed by atoms with Crippen molar-refractivity contribution in [3.63, 3.8) is 0 Å². The van der Waals surface area contributed by atoms with Gasteiger partial charge in [-0.2, -0.15) is 0 Å². The molecule has 0 saturated carbocycles. The second-order valence-corrected chi connectivity index (χ2v) is 8.68. The lowest BCUT2D eigenvalue weighted by Gasteiger charge is -2.36.